The van der Waals surface area contributed by atoms with Crippen molar-refractivity contribution in [1.29, 1.82) is 0 Å². The molecule has 0 aromatic heterocycles. The van der Waals surface area contributed by atoms with Crippen LogP contribution in [0.4, 0.5) is 5.69 Å². The molecule has 7 heteroatoms. The number of nitro benzene ring substituents is 1. The molecule has 1 heterocycles. The largest absolute Gasteiger partial charge is 0.494 e. The molecular weight excluding hydrogens is 446 g/mol. The number of nitro groups is 1. The highest BCUT2D eigenvalue weighted by Gasteiger charge is 2.36. The fraction of sp³-hybridized carbons (Fsp3) is 0.464. The number of rotatable bonds is 10. The predicted octanol–water partition coefficient (Wildman–Crippen LogP) is 6.86. The van der Waals surface area contributed by atoms with Gasteiger partial charge in [0.2, 0.25) is 0 Å². The van der Waals surface area contributed by atoms with Crippen molar-refractivity contribution in [2.24, 2.45) is 5.41 Å². The van der Waals surface area contributed by atoms with Crippen molar-refractivity contribution >= 4 is 11.7 Å². The summed E-state index contributed by atoms with van der Waals surface area (Å²) < 4.78 is 11.8. The van der Waals surface area contributed by atoms with E-state index in [1.54, 1.807) is 26.8 Å². The van der Waals surface area contributed by atoms with Crippen molar-refractivity contribution in [2.75, 3.05) is 6.61 Å². The van der Waals surface area contributed by atoms with Crippen molar-refractivity contribution in [3.05, 3.63) is 69.5 Å². The first-order valence-corrected chi connectivity index (χ1v) is 12.2. The smallest absolute Gasteiger partial charge is 0.309 e. The Morgan fingerprint density at radius 3 is 2.74 bits per heavy atom. The third kappa shape index (κ3) is 5.04. The summed E-state index contributed by atoms with van der Waals surface area (Å²) in [6, 6.07) is 7.87. The zero-order chi connectivity index (χ0) is 25.3. The highest BCUT2D eigenvalue weighted by molar-refractivity contribution is 5.78. The molecule has 1 aliphatic carbocycles. The number of fused-ring (bicyclic) bond motifs is 1. The molecule has 0 spiro atoms. The van der Waals surface area contributed by atoms with Gasteiger partial charge >= 0.3 is 5.97 Å². The second kappa shape index (κ2) is 9.72. The molecule has 1 N–H and O–H groups in total. The summed E-state index contributed by atoms with van der Waals surface area (Å²) >= 11 is 0. The highest BCUT2D eigenvalue weighted by Crippen LogP contribution is 2.51. The second-order valence-corrected chi connectivity index (χ2v) is 10.2. The van der Waals surface area contributed by atoms with E-state index in [0.717, 1.165) is 59.3 Å². The van der Waals surface area contributed by atoms with Crippen molar-refractivity contribution in [3.8, 4) is 16.9 Å². The fourth-order valence-corrected chi connectivity index (χ4v) is 4.95. The number of nitrogens with zero attached hydrogens (tertiary/aromatic N) is 1. The minimum absolute atomic E-state index is 0.0714. The Hall–Kier alpha value is -3.35. The number of aryl methyl sites for hydroxylation is 1. The Morgan fingerprint density at radius 2 is 2.11 bits per heavy atom. The van der Waals surface area contributed by atoms with E-state index in [1.165, 1.54) is 6.26 Å². The molecule has 0 saturated heterocycles. The molecule has 1 unspecified atom stereocenters. The molecule has 0 radical (unpaired) electrons. The third-order valence-corrected chi connectivity index (χ3v) is 7.24. The number of carbonyl (C=O) groups is 1. The first-order valence-electron chi connectivity index (χ1n) is 12.2. The first kappa shape index (κ1) is 24.8. The maximum Gasteiger partial charge on any atom is 0.309 e. The van der Waals surface area contributed by atoms with Gasteiger partial charge in [0.1, 0.15) is 11.9 Å². The Balaban J connectivity index is 1.92. The average Bonchev–Trinajstić information content (AvgIpc) is 3.66. The number of hydrogen-bond donors (Lipinski definition) is 1. The van der Waals surface area contributed by atoms with Crippen LogP contribution in [0.5, 0.6) is 5.75 Å². The number of ether oxygens (including phenoxy) is 2. The quantitative estimate of drug-likeness (QED) is 0.227. The van der Waals surface area contributed by atoms with Crippen molar-refractivity contribution in [1.82, 2.24) is 0 Å². The minimum Gasteiger partial charge on any atom is -0.494 e. The van der Waals surface area contributed by atoms with Crippen LogP contribution in [0.25, 0.3) is 11.1 Å². The van der Waals surface area contributed by atoms with Crippen molar-refractivity contribution in [2.45, 2.75) is 71.3 Å². The fourth-order valence-electron chi connectivity index (χ4n) is 4.95. The molecule has 2 aromatic carbocycles. The van der Waals surface area contributed by atoms with Gasteiger partial charge in [-0.3, -0.25) is 14.9 Å². The van der Waals surface area contributed by atoms with E-state index in [9.17, 15) is 20.0 Å². The Bertz CT molecular complexity index is 1160. The van der Waals surface area contributed by atoms with Crippen LogP contribution in [-0.2, 0) is 16.0 Å². The molecular formula is C28H33NO6. The molecule has 2 aliphatic rings. The second-order valence-electron chi connectivity index (χ2n) is 10.2. The molecule has 1 saturated carbocycles. The lowest BCUT2D eigenvalue weighted by molar-refractivity contribution is -0.385. The standard InChI is InChI=1S/C28H33NO6/c1-5-34-24(12-13-28(3,4)27(30)31)25-17(2)22(29(32)33)16-21(18-8-9-18)26(25)20-10-11-23-19(15-20)7-6-14-35-23/h5,10-11,15-16,18,24H,1,6-9,12-14H2,2-4H3,(H,30,31). The monoisotopic (exact) mass is 479 g/mol. The summed E-state index contributed by atoms with van der Waals surface area (Å²) in [6.07, 6.45) is 5.35. The SMILES string of the molecule is C=COC(CCC(C)(C)C(=O)O)c1c(C)c([N+](=O)[O-])cc(C2CC2)c1-c1ccc2c(c1)CCCO2. The van der Waals surface area contributed by atoms with Gasteiger partial charge in [-0.1, -0.05) is 12.6 Å². The summed E-state index contributed by atoms with van der Waals surface area (Å²) in [6.45, 7) is 9.56. The van der Waals surface area contributed by atoms with Gasteiger partial charge in [-0.2, -0.15) is 0 Å². The van der Waals surface area contributed by atoms with Crippen LogP contribution in [0.2, 0.25) is 0 Å². The maximum atomic E-state index is 12.0. The summed E-state index contributed by atoms with van der Waals surface area (Å²) in [5, 5.41) is 21.7. The van der Waals surface area contributed by atoms with Gasteiger partial charge < -0.3 is 14.6 Å². The zero-order valence-electron chi connectivity index (χ0n) is 20.6. The normalized spacial score (nSPS) is 16.1. The minimum atomic E-state index is -0.958. The lowest BCUT2D eigenvalue weighted by Gasteiger charge is -2.28. The van der Waals surface area contributed by atoms with Gasteiger partial charge in [0.25, 0.3) is 5.69 Å². The van der Waals surface area contributed by atoms with Crippen LogP contribution in [0, 0.1) is 22.5 Å². The Labute approximate surface area is 205 Å². The topological polar surface area (TPSA) is 98.9 Å². The summed E-state index contributed by atoms with van der Waals surface area (Å²) in [7, 11) is 0. The molecule has 7 nitrogen and oxygen atoms in total. The summed E-state index contributed by atoms with van der Waals surface area (Å²) in [4.78, 5) is 23.5. The van der Waals surface area contributed by atoms with E-state index >= 15 is 0 Å². The van der Waals surface area contributed by atoms with Crippen molar-refractivity contribution in [3.63, 3.8) is 0 Å². The van der Waals surface area contributed by atoms with E-state index in [4.69, 9.17) is 9.47 Å². The maximum absolute atomic E-state index is 12.0. The summed E-state index contributed by atoms with van der Waals surface area (Å²) in [5.41, 5.74) is 4.45. The number of carboxylic acid groups (broad SMARTS) is 1. The molecule has 0 amide bonds. The highest BCUT2D eigenvalue weighted by atomic mass is 16.6. The Morgan fingerprint density at radius 1 is 1.37 bits per heavy atom. The molecule has 0 bridgehead atoms. The molecule has 1 fully saturated rings. The molecule has 1 atom stereocenters. The van der Waals surface area contributed by atoms with Crippen LogP contribution < -0.4 is 4.74 Å². The van der Waals surface area contributed by atoms with Crippen LogP contribution in [-0.4, -0.2) is 22.6 Å². The molecule has 35 heavy (non-hydrogen) atoms. The number of hydrogen-bond acceptors (Lipinski definition) is 5. The van der Waals surface area contributed by atoms with E-state index in [1.807, 2.05) is 12.1 Å². The van der Waals surface area contributed by atoms with E-state index < -0.39 is 17.5 Å². The number of aliphatic carboxylic acids is 1. The van der Waals surface area contributed by atoms with Gasteiger partial charge in [0.05, 0.1) is 23.2 Å². The number of benzene rings is 2. The average molecular weight is 480 g/mol. The predicted molar refractivity (Wildman–Crippen MR) is 134 cm³/mol. The van der Waals surface area contributed by atoms with Gasteiger partial charge in [0, 0.05) is 17.2 Å². The van der Waals surface area contributed by atoms with Crippen LogP contribution in [0.1, 0.15) is 80.2 Å². The molecule has 1 aliphatic heterocycles. The van der Waals surface area contributed by atoms with Crippen LogP contribution in [0.3, 0.4) is 0 Å². The van der Waals surface area contributed by atoms with Gasteiger partial charge in [-0.05, 0) is 99.6 Å². The summed E-state index contributed by atoms with van der Waals surface area (Å²) in [5.74, 6) is 0.254. The third-order valence-electron chi connectivity index (χ3n) is 7.24. The number of carboxylic acids is 1. The Kier molecular flexibility index (Phi) is 6.88. The lowest BCUT2D eigenvalue weighted by atomic mass is 9.81. The molecule has 186 valence electrons. The van der Waals surface area contributed by atoms with Crippen molar-refractivity contribution < 1.29 is 24.3 Å². The molecule has 4 rings (SSSR count). The van der Waals surface area contributed by atoms with Gasteiger partial charge in [0.15, 0.2) is 0 Å². The molecule has 2 aromatic rings. The van der Waals surface area contributed by atoms with E-state index in [-0.39, 0.29) is 16.5 Å². The van der Waals surface area contributed by atoms with E-state index in [0.29, 0.717) is 25.0 Å². The van der Waals surface area contributed by atoms with Crippen LogP contribution in [0.15, 0.2) is 37.1 Å². The zero-order valence-corrected chi connectivity index (χ0v) is 20.6. The first-order chi connectivity index (χ1) is 16.6. The van der Waals surface area contributed by atoms with Crippen LogP contribution >= 0.6 is 0 Å². The van der Waals surface area contributed by atoms with Gasteiger partial charge in [-0.25, -0.2) is 0 Å². The van der Waals surface area contributed by atoms with Gasteiger partial charge in [-0.15, -0.1) is 0 Å². The lowest BCUT2D eigenvalue weighted by Crippen LogP contribution is -2.24. The van der Waals surface area contributed by atoms with E-state index in [2.05, 4.69) is 12.6 Å².